The molecule has 0 amide bonds. The van der Waals surface area contributed by atoms with E-state index in [2.05, 4.69) is 9.71 Å². The number of hydrogen-bond donors (Lipinski definition) is 1. The molecule has 0 unspecified atom stereocenters. The van der Waals surface area contributed by atoms with E-state index in [9.17, 15) is 8.42 Å². The van der Waals surface area contributed by atoms with Gasteiger partial charge in [0.25, 0.3) is 0 Å². The zero-order valence-corrected chi connectivity index (χ0v) is 13.5. The number of fused-ring (bicyclic) bond motifs is 1. The lowest BCUT2D eigenvalue weighted by Crippen LogP contribution is -2.29. The number of imidazole rings is 1. The van der Waals surface area contributed by atoms with Crippen molar-refractivity contribution in [2.75, 3.05) is 12.3 Å². The molecule has 2 aromatic heterocycles. The first-order valence-electron chi connectivity index (χ1n) is 7.56. The predicted molar refractivity (Wildman–Crippen MR) is 90.8 cm³/mol. The number of aromatic nitrogens is 2. The Labute approximate surface area is 136 Å². The molecule has 0 aliphatic heterocycles. The van der Waals surface area contributed by atoms with Gasteiger partial charge in [0.15, 0.2) is 0 Å². The quantitative estimate of drug-likeness (QED) is 0.721. The van der Waals surface area contributed by atoms with Crippen LogP contribution in [-0.2, 0) is 22.9 Å². The van der Waals surface area contributed by atoms with Crippen LogP contribution in [0.15, 0.2) is 60.9 Å². The molecule has 0 aliphatic carbocycles. The van der Waals surface area contributed by atoms with Crippen LogP contribution in [0.25, 0.3) is 5.52 Å². The number of hydrogen-bond acceptors (Lipinski definition) is 3. The molecule has 3 aromatic rings. The summed E-state index contributed by atoms with van der Waals surface area (Å²) in [7, 11) is -3.27. The van der Waals surface area contributed by atoms with E-state index in [0.717, 1.165) is 16.9 Å². The normalized spacial score (nSPS) is 11.8. The summed E-state index contributed by atoms with van der Waals surface area (Å²) in [6.07, 6.45) is 4.80. The Bertz CT molecular complexity index is 873. The van der Waals surface area contributed by atoms with E-state index >= 15 is 0 Å². The van der Waals surface area contributed by atoms with Gasteiger partial charge in [-0.2, -0.15) is 0 Å². The van der Waals surface area contributed by atoms with Crippen molar-refractivity contribution in [3.05, 3.63) is 72.3 Å². The molecule has 0 fully saturated rings. The van der Waals surface area contributed by atoms with Crippen LogP contribution in [0.2, 0.25) is 0 Å². The molecule has 0 bridgehead atoms. The Balaban J connectivity index is 1.53. The highest BCUT2D eigenvalue weighted by molar-refractivity contribution is 7.89. The van der Waals surface area contributed by atoms with Gasteiger partial charge in [-0.25, -0.2) is 18.1 Å². The fourth-order valence-electron chi connectivity index (χ4n) is 2.47. The molecule has 0 saturated heterocycles. The van der Waals surface area contributed by atoms with E-state index in [4.69, 9.17) is 0 Å². The van der Waals surface area contributed by atoms with Crippen LogP contribution in [0.5, 0.6) is 0 Å². The van der Waals surface area contributed by atoms with Crippen molar-refractivity contribution in [3.63, 3.8) is 0 Å². The topological polar surface area (TPSA) is 63.5 Å². The number of nitrogens with one attached hydrogen (secondary N) is 1. The van der Waals surface area contributed by atoms with Crippen molar-refractivity contribution in [1.29, 1.82) is 0 Å². The standard InChI is InChI=1S/C17H19N3O2S/c21-23(22,13-10-15-6-2-1-3-7-15)19-11-9-17-18-14-16-8-4-5-12-20(16)17/h1-8,12,14,19H,9-11,13H2. The average Bonchev–Trinajstić information content (AvgIpc) is 2.97. The Kier molecular flexibility index (Phi) is 4.73. The third-order valence-electron chi connectivity index (χ3n) is 3.69. The van der Waals surface area contributed by atoms with Gasteiger partial charge in [-0.1, -0.05) is 36.4 Å². The van der Waals surface area contributed by atoms with Crippen molar-refractivity contribution in [1.82, 2.24) is 14.1 Å². The number of rotatable bonds is 7. The van der Waals surface area contributed by atoms with E-state index in [-0.39, 0.29) is 5.75 Å². The second-order valence-electron chi connectivity index (χ2n) is 5.37. The first-order chi connectivity index (χ1) is 11.1. The van der Waals surface area contributed by atoms with E-state index in [1.165, 1.54) is 0 Å². The van der Waals surface area contributed by atoms with Crippen LogP contribution in [0.3, 0.4) is 0 Å². The molecule has 120 valence electrons. The van der Waals surface area contributed by atoms with Crippen LogP contribution in [0.1, 0.15) is 11.4 Å². The van der Waals surface area contributed by atoms with E-state index < -0.39 is 10.0 Å². The summed E-state index contributed by atoms with van der Waals surface area (Å²) in [5, 5.41) is 0. The smallest absolute Gasteiger partial charge is 0.211 e. The van der Waals surface area contributed by atoms with Gasteiger partial charge < -0.3 is 4.40 Å². The van der Waals surface area contributed by atoms with Crippen molar-refractivity contribution in [3.8, 4) is 0 Å². The molecular formula is C17H19N3O2S. The maximum absolute atomic E-state index is 12.1. The summed E-state index contributed by atoms with van der Waals surface area (Å²) in [5.74, 6) is 0.950. The van der Waals surface area contributed by atoms with Gasteiger partial charge in [-0.3, -0.25) is 0 Å². The summed E-state index contributed by atoms with van der Waals surface area (Å²) < 4.78 is 28.7. The summed E-state index contributed by atoms with van der Waals surface area (Å²) >= 11 is 0. The van der Waals surface area contributed by atoms with E-state index in [0.29, 0.717) is 19.4 Å². The molecular weight excluding hydrogens is 310 g/mol. The van der Waals surface area contributed by atoms with Crippen LogP contribution < -0.4 is 4.72 Å². The summed E-state index contributed by atoms with van der Waals surface area (Å²) in [6, 6.07) is 15.5. The summed E-state index contributed by atoms with van der Waals surface area (Å²) in [6.45, 7) is 0.352. The Hall–Kier alpha value is -2.18. The predicted octanol–water partition coefficient (Wildman–Crippen LogP) is 2.04. The van der Waals surface area contributed by atoms with Crippen molar-refractivity contribution < 1.29 is 8.42 Å². The highest BCUT2D eigenvalue weighted by Gasteiger charge is 2.11. The molecule has 0 atom stereocenters. The second kappa shape index (κ2) is 6.93. The molecule has 1 N–H and O–H groups in total. The molecule has 0 radical (unpaired) electrons. The minimum absolute atomic E-state index is 0.0966. The number of pyridine rings is 1. The third kappa shape index (κ3) is 4.18. The first-order valence-corrected chi connectivity index (χ1v) is 9.21. The lowest BCUT2D eigenvalue weighted by atomic mass is 10.2. The maximum Gasteiger partial charge on any atom is 0.211 e. The summed E-state index contributed by atoms with van der Waals surface area (Å²) in [5.41, 5.74) is 2.03. The molecule has 6 heteroatoms. The lowest BCUT2D eigenvalue weighted by molar-refractivity contribution is 0.580. The zero-order chi connectivity index (χ0) is 16.1. The lowest BCUT2D eigenvalue weighted by Gasteiger charge is -2.07. The van der Waals surface area contributed by atoms with E-state index in [1.54, 1.807) is 6.20 Å². The number of benzene rings is 1. The highest BCUT2D eigenvalue weighted by Crippen LogP contribution is 2.06. The van der Waals surface area contributed by atoms with Gasteiger partial charge in [0.05, 0.1) is 17.5 Å². The van der Waals surface area contributed by atoms with Gasteiger partial charge in [0.1, 0.15) is 5.82 Å². The van der Waals surface area contributed by atoms with Crippen molar-refractivity contribution >= 4 is 15.5 Å². The fourth-order valence-corrected chi connectivity index (χ4v) is 3.53. The highest BCUT2D eigenvalue weighted by atomic mass is 32.2. The van der Waals surface area contributed by atoms with Gasteiger partial charge in [0, 0.05) is 19.2 Å². The minimum Gasteiger partial charge on any atom is -0.304 e. The number of sulfonamides is 1. The molecule has 0 spiro atoms. The van der Waals surface area contributed by atoms with Gasteiger partial charge in [0.2, 0.25) is 10.0 Å². The van der Waals surface area contributed by atoms with Crippen molar-refractivity contribution in [2.24, 2.45) is 0 Å². The number of aryl methyl sites for hydroxylation is 1. The number of nitrogens with zero attached hydrogens (tertiary/aromatic N) is 2. The summed E-state index contributed by atoms with van der Waals surface area (Å²) in [4.78, 5) is 4.34. The Morgan fingerprint density at radius 3 is 2.61 bits per heavy atom. The molecule has 3 rings (SSSR count). The minimum atomic E-state index is -3.27. The van der Waals surface area contributed by atoms with E-state index in [1.807, 2.05) is 59.1 Å². The first kappa shape index (κ1) is 15.7. The zero-order valence-electron chi connectivity index (χ0n) is 12.7. The van der Waals surface area contributed by atoms with Crippen LogP contribution >= 0.6 is 0 Å². The Morgan fingerprint density at radius 2 is 1.78 bits per heavy atom. The molecule has 23 heavy (non-hydrogen) atoms. The van der Waals surface area contributed by atoms with Gasteiger partial charge in [-0.15, -0.1) is 0 Å². The van der Waals surface area contributed by atoms with Crippen LogP contribution in [0.4, 0.5) is 0 Å². The Morgan fingerprint density at radius 1 is 1.00 bits per heavy atom. The maximum atomic E-state index is 12.1. The molecule has 5 nitrogen and oxygen atoms in total. The van der Waals surface area contributed by atoms with Crippen molar-refractivity contribution in [2.45, 2.75) is 12.8 Å². The SMILES string of the molecule is O=S(=O)(CCc1ccccc1)NCCc1ncc2ccccn12. The molecule has 0 saturated carbocycles. The average molecular weight is 329 g/mol. The largest absolute Gasteiger partial charge is 0.304 e. The third-order valence-corrected chi connectivity index (χ3v) is 5.07. The molecule has 1 aromatic carbocycles. The van der Waals surface area contributed by atoms with Gasteiger partial charge >= 0.3 is 0 Å². The van der Waals surface area contributed by atoms with Crippen LogP contribution in [0, 0.1) is 0 Å². The van der Waals surface area contributed by atoms with Crippen LogP contribution in [-0.4, -0.2) is 30.1 Å². The molecule has 0 aliphatic rings. The molecule has 2 heterocycles. The second-order valence-corrected chi connectivity index (χ2v) is 7.30. The van der Waals surface area contributed by atoms with Gasteiger partial charge in [-0.05, 0) is 24.1 Å². The fraction of sp³-hybridized carbons (Fsp3) is 0.235. The monoisotopic (exact) mass is 329 g/mol.